The lowest BCUT2D eigenvalue weighted by atomic mass is 10.1. The van der Waals surface area contributed by atoms with Crippen LogP contribution in [0.15, 0.2) is 65.1 Å². The van der Waals surface area contributed by atoms with Gasteiger partial charge in [0.1, 0.15) is 0 Å². The molecule has 0 N–H and O–H groups in total. The smallest absolute Gasteiger partial charge is 0.254 e. The molecule has 4 nitrogen and oxygen atoms in total. The Morgan fingerprint density at radius 1 is 1.12 bits per heavy atom. The van der Waals surface area contributed by atoms with Gasteiger partial charge in [-0.15, -0.1) is 0 Å². The van der Waals surface area contributed by atoms with E-state index in [-0.39, 0.29) is 23.5 Å². The van der Waals surface area contributed by atoms with Crippen molar-refractivity contribution in [3.8, 4) is 0 Å². The predicted octanol–water partition coefficient (Wildman–Crippen LogP) is 3.79. The van der Waals surface area contributed by atoms with Gasteiger partial charge < -0.3 is 4.90 Å². The van der Waals surface area contributed by atoms with E-state index >= 15 is 0 Å². The molecule has 1 aliphatic rings. The zero-order valence-corrected chi connectivity index (χ0v) is 16.6. The molecular weight excluding hydrogens is 414 g/mol. The second-order valence-corrected chi connectivity index (χ2v) is 9.48. The van der Waals surface area contributed by atoms with E-state index in [4.69, 9.17) is 0 Å². The number of carbonyl (C=O) groups excluding carboxylic acids is 1. The lowest BCUT2D eigenvalue weighted by molar-refractivity contribution is 0.0721. The third-order valence-corrected chi connectivity index (χ3v) is 6.69. The summed E-state index contributed by atoms with van der Waals surface area (Å²) in [5.74, 6) is 0.0378. The monoisotopic (exact) mass is 433 g/mol. The van der Waals surface area contributed by atoms with Crippen molar-refractivity contribution in [1.29, 1.82) is 0 Å². The van der Waals surface area contributed by atoms with E-state index in [0.29, 0.717) is 18.5 Å². The summed E-state index contributed by atoms with van der Waals surface area (Å²) in [6.07, 6.45) is 4.35. The third kappa shape index (κ3) is 4.83. The molecule has 1 heterocycles. The minimum absolute atomic E-state index is 0.0362. The molecule has 2 aromatic rings. The normalized spacial score (nSPS) is 18.9. The molecule has 0 bridgehead atoms. The zero-order chi connectivity index (χ0) is 18.6. The molecule has 1 amide bonds. The first kappa shape index (κ1) is 18.9. The molecule has 1 fully saturated rings. The molecular formula is C20H20BrNO3S. The number of halogens is 1. The number of hydrogen-bond acceptors (Lipinski definition) is 3. The van der Waals surface area contributed by atoms with Crippen molar-refractivity contribution in [3.05, 3.63) is 76.3 Å². The van der Waals surface area contributed by atoms with Gasteiger partial charge in [-0.05, 0) is 36.2 Å². The Kier molecular flexibility index (Phi) is 5.94. The lowest BCUT2D eigenvalue weighted by Gasteiger charge is -2.27. The number of rotatable bonds is 5. The molecule has 0 aromatic heterocycles. The summed E-state index contributed by atoms with van der Waals surface area (Å²) in [6.45, 7) is 0.379. The van der Waals surface area contributed by atoms with Gasteiger partial charge in [-0.2, -0.15) is 0 Å². The molecule has 2 aromatic carbocycles. The summed E-state index contributed by atoms with van der Waals surface area (Å²) >= 11 is 3.37. The van der Waals surface area contributed by atoms with Gasteiger partial charge in [0.15, 0.2) is 9.84 Å². The summed E-state index contributed by atoms with van der Waals surface area (Å²) in [6, 6.07) is 16.7. The Hall–Kier alpha value is -1.92. The Morgan fingerprint density at radius 2 is 1.81 bits per heavy atom. The van der Waals surface area contributed by atoms with Crippen molar-refractivity contribution in [2.24, 2.45) is 0 Å². The highest BCUT2D eigenvalue weighted by Gasteiger charge is 2.34. The van der Waals surface area contributed by atoms with Crippen LogP contribution in [-0.2, 0) is 9.84 Å². The van der Waals surface area contributed by atoms with Crippen LogP contribution in [0.4, 0.5) is 0 Å². The molecule has 0 saturated carbocycles. The van der Waals surface area contributed by atoms with Crippen LogP contribution in [0, 0.1) is 0 Å². The highest BCUT2D eigenvalue weighted by Crippen LogP contribution is 2.21. The second-order valence-electron chi connectivity index (χ2n) is 6.33. The van der Waals surface area contributed by atoms with Gasteiger partial charge in [-0.25, -0.2) is 8.42 Å². The highest BCUT2D eigenvalue weighted by molar-refractivity contribution is 9.10. The third-order valence-electron chi connectivity index (χ3n) is 4.41. The van der Waals surface area contributed by atoms with Crippen LogP contribution < -0.4 is 0 Å². The van der Waals surface area contributed by atoms with Gasteiger partial charge in [0.05, 0.1) is 11.5 Å². The van der Waals surface area contributed by atoms with Crippen LogP contribution in [0.1, 0.15) is 22.3 Å². The summed E-state index contributed by atoms with van der Waals surface area (Å²) in [7, 11) is -3.07. The Bertz CT molecular complexity index is 892. The van der Waals surface area contributed by atoms with Gasteiger partial charge in [0.2, 0.25) is 0 Å². The predicted molar refractivity (Wildman–Crippen MR) is 108 cm³/mol. The average Bonchev–Trinajstić information content (AvgIpc) is 2.99. The van der Waals surface area contributed by atoms with Gasteiger partial charge in [-0.1, -0.05) is 58.4 Å². The highest BCUT2D eigenvalue weighted by atomic mass is 79.9. The molecule has 26 heavy (non-hydrogen) atoms. The maximum atomic E-state index is 13.0. The number of carbonyl (C=O) groups is 1. The van der Waals surface area contributed by atoms with Crippen molar-refractivity contribution in [3.63, 3.8) is 0 Å². The Labute approximate surface area is 162 Å². The van der Waals surface area contributed by atoms with Crippen molar-refractivity contribution in [2.75, 3.05) is 18.1 Å². The Morgan fingerprint density at radius 3 is 2.42 bits per heavy atom. The standard InChI is InChI=1S/C20H20BrNO3S/c21-18-10-8-17(9-11-18)20(23)22(19-12-14-26(24,25)15-19)13-4-7-16-5-2-1-3-6-16/h1-11,19H,12-15H2. The van der Waals surface area contributed by atoms with Crippen molar-refractivity contribution < 1.29 is 13.2 Å². The van der Waals surface area contributed by atoms with E-state index in [1.54, 1.807) is 17.0 Å². The van der Waals surface area contributed by atoms with Gasteiger partial charge >= 0.3 is 0 Å². The summed E-state index contributed by atoms with van der Waals surface area (Å²) < 4.78 is 24.7. The van der Waals surface area contributed by atoms with E-state index in [0.717, 1.165) is 10.0 Å². The number of nitrogens with zero attached hydrogens (tertiary/aromatic N) is 1. The zero-order valence-electron chi connectivity index (χ0n) is 14.2. The van der Waals surface area contributed by atoms with Crippen LogP contribution in [0.3, 0.4) is 0 Å². The molecule has 1 aliphatic heterocycles. The minimum atomic E-state index is -3.07. The number of amides is 1. The van der Waals surface area contributed by atoms with Gasteiger partial charge in [0.25, 0.3) is 5.91 Å². The average molecular weight is 434 g/mol. The maximum absolute atomic E-state index is 13.0. The summed E-state index contributed by atoms with van der Waals surface area (Å²) in [5.41, 5.74) is 1.60. The van der Waals surface area contributed by atoms with Crippen molar-refractivity contribution in [1.82, 2.24) is 4.90 Å². The fourth-order valence-electron chi connectivity index (χ4n) is 3.04. The van der Waals surface area contributed by atoms with Crippen LogP contribution in [0.25, 0.3) is 6.08 Å². The molecule has 3 rings (SSSR count). The number of hydrogen-bond donors (Lipinski definition) is 0. The first-order chi connectivity index (χ1) is 12.4. The largest absolute Gasteiger partial charge is 0.331 e. The first-order valence-electron chi connectivity index (χ1n) is 8.43. The summed E-state index contributed by atoms with van der Waals surface area (Å²) in [5, 5.41) is 0. The van der Waals surface area contributed by atoms with Crippen LogP contribution >= 0.6 is 15.9 Å². The SMILES string of the molecule is O=C(c1ccc(Br)cc1)N(CC=Cc1ccccc1)C1CCS(=O)(=O)C1. The van der Waals surface area contributed by atoms with E-state index in [1.807, 2.05) is 54.6 Å². The van der Waals surface area contributed by atoms with E-state index < -0.39 is 9.84 Å². The molecule has 0 aliphatic carbocycles. The molecule has 0 radical (unpaired) electrons. The number of sulfone groups is 1. The fourth-order valence-corrected chi connectivity index (χ4v) is 5.04. The molecule has 136 valence electrons. The summed E-state index contributed by atoms with van der Waals surface area (Å²) in [4.78, 5) is 14.7. The van der Waals surface area contributed by atoms with Gasteiger partial charge in [0, 0.05) is 22.6 Å². The van der Waals surface area contributed by atoms with E-state index in [9.17, 15) is 13.2 Å². The topological polar surface area (TPSA) is 54.5 Å². The van der Waals surface area contributed by atoms with E-state index in [2.05, 4.69) is 15.9 Å². The fraction of sp³-hybridized carbons (Fsp3) is 0.250. The molecule has 0 spiro atoms. The Balaban J connectivity index is 1.80. The minimum Gasteiger partial charge on any atom is -0.331 e. The molecule has 1 saturated heterocycles. The maximum Gasteiger partial charge on any atom is 0.254 e. The first-order valence-corrected chi connectivity index (χ1v) is 11.0. The van der Waals surface area contributed by atoms with Gasteiger partial charge in [-0.3, -0.25) is 4.79 Å². The lowest BCUT2D eigenvalue weighted by Crippen LogP contribution is -2.41. The van der Waals surface area contributed by atoms with Crippen molar-refractivity contribution >= 4 is 37.8 Å². The quantitative estimate of drug-likeness (QED) is 0.720. The number of benzene rings is 2. The van der Waals surface area contributed by atoms with E-state index in [1.165, 1.54) is 0 Å². The van der Waals surface area contributed by atoms with Crippen molar-refractivity contribution in [2.45, 2.75) is 12.5 Å². The molecule has 1 atom stereocenters. The van der Waals surface area contributed by atoms with Crippen LogP contribution in [0.5, 0.6) is 0 Å². The van der Waals surface area contributed by atoms with Crippen LogP contribution in [0.2, 0.25) is 0 Å². The second kappa shape index (κ2) is 8.18. The molecule has 1 unspecified atom stereocenters. The molecule has 6 heteroatoms. The van der Waals surface area contributed by atoms with Crippen LogP contribution in [-0.4, -0.2) is 43.3 Å².